The summed E-state index contributed by atoms with van der Waals surface area (Å²) in [5.74, 6) is 1.51. The van der Waals surface area contributed by atoms with E-state index in [0.717, 1.165) is 44.1 Å². The maximum Gasteiger partial charge on any atom is 0.305 e. The molecule has 4 aliphatic carbocycles. The van der Waals surface area contributed by atoms with Gasteiger partial charge in [0.25, 0.3) is 0 Å². The standard InChI is InChI=1S/C23H32O4/c1-4-21(26)27-20-8-7-18-17-6-5-15-12-16(25)11-14(2)23(15,13-24)19(17)9-10-22(18,20)3/h12-14,17-20H,4-11H2,1-3H3/t14?,17-,18-,19+,20?,22-,23-/m0/s1. The van der Waals surface area contributed by atoms with Crippen molar-refractivity contribution in [3.8, 4) is 0 Å². The summed E-state index contributed by atoms with van der Waals surface area (Å²) in [5, 5.41) is 0. The second kappa shape index (κ2) is 6.56. The molecule has 0 saturated heterocycles. The largest absolute Gasteiger partial charge is 0.462 e. The molecule has 3 saturated carbocycles. The maximum absolute atomic E-state index is 12.5. The highest BCUT2D eigenvalue weighted by Gasteiger charge is 2.62. The maximum atomic E-state index is 12.5. The number of hydrogen-bond acceptors (Lipinski definition) is 4. The van der Waals surface area contributed by atoms with Gasteiger partial charge < -0.3 is 9.53 Å². The van der Waals surface area contributed by atoms with Crippen LogP contribution in [0, 0.1) is 34.5 Å². The molecule has 0 radical (unpaired) electrons. The van der Waals surface area contributed by atoms with Crippen molar-refractivity contribution < 1.29 is 19.1 Å². The molecular formula is C23H32O4. The Kier molecular flexibility index (Phi) is 4.59. The molecule has 148 valence electrons. The van der Waals surface area contributed by atoms with Crippen LogP contribution in [-0.2, 0) is 19.1 Å². The minimum Gasteiger partial charge on any atom is -0.462 e. The van der Waals surface area contributed by atoms with E-state index in [1.54, 1.807) is 6.08 Å². The number of carbonyl (C=O) groups is 3. The number of esters is 1. The van der Waals surface area contributed by atoms with E-state index in [1.807, 2.05) is 6.92 Å². The summed E-state index contributed by atoms with van der Waals surface area (Å²) in [7, 11) is 0. The third kappa shape index (κ3) is 2.58. The van der Waals surface area contributed by atoms with E-state index in [1.165, 1.54) is 6.29 Å². The Morgan fingerprint density at radius 3 is 2.74 bits per heavy atom. The van der Waals surface area contributed by atoms with Crippen LogP contribution < -0.4 is 0 Å². The molecule has 0 spiro atoms. The van der Waals surface area contributed by atoms with Gasteiger partial charge >= 0.3 is 5.97 Å². The topological polar surface area (TPSA) is 60.4 Å². The van der Waals surface area contributed by atoms with Crippen molar-refractivity contribution in [1.82, 2.24) is 0 Å². The van der Waals surface area contributed by atoms with Crippen molar-refractivity contribution in [2.24, 2.45) is 34.5 Å². The van der Waals surface area contributed by atoms with E-state index < -0.39 is 5.41 Å². The van der Waals surface area contributed by atoms with Crippen LogP contribution in [0.25, 0.3) is 0 Å². The number of allylic oxidation sites excluding steroid dienone is 1. The van der Waals surface area contributed by atoms with Gasteiger partial charge in [-0.05, 0) is 68.3 Å². The van der Waals surface area contributed by atoms with Crippen LogP contribution in [0.1, 0.15) is 72.1 Å². The number of hydrogen-bond donors (Lipinski definition) is 0. The van der Waals surface area contributed by atoms with Crippen molar-refractivity contribution in [1.29, 1.82) is 0 Å². The van der Waals surface area contributed by atoms with E-state index in [0.29, 0.717) is 30.6 Å². The van der Waals surface area contributed by atoms with E-state index in [-0.39, 0.29) is 29.2 Å². The van der Waals surface area contributed by atoms with E-state index in [2.05, 4.69) is 13.8 Å². The molecule has 2 unspecified atom stereocenters. The zero-order valence-electron chi connectivity index (χ0n) is 16.8. The molecule has 0 aromatic carbocycles. The molecule has 0 N–H and O–H groups in total. The summed E-state index contributed by atoms with van der Waals surface area (Å²) in [6, 6.07) is 0. The monoisotopic (exact) mass is 372 g/mol. The lowest BCUT2D eigenvalue weighted by molar-refractivity contribution is -0.160. The van der Waals surface area contributed by atoms with E-state index in [4.69, 9.17) is 4.74 Å². The number of aldehydes is 1. The van der Waals surface area contributed by atoms with Gasteiger partial charge in [-0.15, -0.1) is 0 Å². The lowest BCUT2D eigenvalue weighted by Gasteiger charge is -2.58. The molecule has 0 amide bonds. The summed E-state index contributed by atoms with van der Waals surface area (Å²) in [6.07, 6.45) is 9.87. The van der Waals surface area contributed by atoms with Gasteiger partial charge in [-0.1, -0.05) is 26.3 Å². The number of carbonyl (C=O) groups excluding carboxylic acids is 3. The molecule has 0 aliphatic heterocycles. The molecule has 0 aromatic heterocycles. The van der Waals surface area contributed by atoms with Gasteiger partial charge in [0, 0.05) is 18.3 Å². The van der Waals surface area contributed by atoms with Crippen molar-refractivity contribution >= 4 is 18.0 Å². The minimum atomic E-state index is -0.448. The number of ketones is 1. The molecule has 4 nitrogen and oxygen atoms in total. The Morgan fingerprint density at radius 1 is 1.26 bits per heavy atom. The van der Waals surface area contributed by atoms with E-state index >= 15 is 0 Å². The SMILES string of the molecule is CCC(=O)OC1CC[C@H]2[C@@H]3CCC4=CC(=O)CC(C)[C@]4(C=O)[C@@H]3CC[C@]12C. The van der Waals surface area contributed by atoms with Gasteiger partial charge in [0.2, 0.25) is 0 Å². The third-order valence-electron chi connectivity index (χ3n) is 8.68. The Hall–Kier alpha value is -1.45. The first-order chi connectivity index (χ1) is 12.9. The summed E-state index contributed by atoms with van der Waals surface area (Å²) in [4.78, 5) is 36.5. The quantitative estimate of drug-likeness (QED) is 0.548. The number of rotatable bonds is 3. The fourth-order valence-electron chi connectivity index (χ4n) is 7.33. The Bertz CT molecular complexity index is 694. The minimum absolute atomic E-state index is 0.0189. The lowest BCUT2D eigenvalue weighted by atomic mass is 9.45. The molecule has 4 heteroatoms. The molecule has 0 aromatic rings. The van der Waals surface area contributed by atoms with Crippen LogP contribution >= 0.6 is 0 Å². The lowest BCUT2D eigenvalue weighted by Crippen LogP contribution is -2.55. The average molecular weight is 373 g/mol. The van der Waals surface area contributed by atoms with Crippen molar-refractivity contribution in [2.75, 3.05) is 0 Å². The van der Waals surface area contributed by atoms with Gasteiger partial charge in [-0.2, -0.15) is 0 Å². The number of fused-ring (bicyclic) bond motifs is 5. The van der Waals surface area contributed by atoms with Gasteiger partial charge in [0.05, 0.1) is 5.41 Å². The van der Waals surface area contributed by atoms with Crippen LogP contribution in [0.3, 0.4) is 0 Å². The second-order valence-corrected chi connectivity index (χ2v) is 9.66. The van der Waals surface area contributed by atoms with Crippen LogP contribution in [0.15, 0.2) is 11.6 Å². The Morgan fingerprint density at radius 2 is 2.04 bits per heavy atom. The number of ether oxygens (including phenoxy) is 1. The molecular weight excluding hydrogens is 340 g/mol. The first-order valence-electron chi connectivity index (χ1n) is 10.8. The van der Waals surface area contributed by atoms with Crippen LogP contribution in [0.2, 0.25) is 0 Å². The van der Waals surface area contributed by atoms with Crippen LogP contribution in [0.4, 0.5) is 0 Å². The highest BCUT2D eigenvalue weighted by atomic mass is 16.5. The summed E-state index contributed by atoms with van der Waals surface area (Å²) in [6.45, 7) is 6.25. The van der Waals surface area contributed by atoms with Crippen molar-refractivity contribution in [2.45, 2.75) is 78.2 Å². The molecule has 0 bridgehead atoms. The van der Waals surface area contributed by atoms with Crippen LogP contribution in [0.5, 0.6) is 0 Å². The second-order valence-electron chi connectivity index (χ2n) is 9.66. The molecule has 4 aliphatic rings. The zero-order chi connectivity index (χ0) is 19.4. The first-order valence-corrected chi connectivity index (χ1v) is 10.8. The van der Waals surface area contributed by atoms with Crippen molar-refractivity contribution in [3.05, 3.63) is 11.6 Å². The van der Waals surface area contributed by atoms with Crippen molar-refractivity contribution in [3.63, 3.8) is 0 Å². The molecule has 4 rings (SSSR count). The smallest absolute Gasteiger partial charge is 0.305 e. The summed E-state index contributed by atoms with van der Waals surface area (Å²) < 4.78 is 5.84. The zero-order valence-corrected chi connectivity index (χ0v) is 16.8. The predicted molar refractivity (Wildman–Crippen MR) is 102 cm³/mol. The van der Waals surface area contributed by atoms with Gasteiger partial charge in [-0.25, -0.2) is 0 Å². The van der Waals surface area contributed by atoms with Crippen LogP contribution in [-0.4, -0.2) is 24.1 Å². The fraction of sp³-hybridized carbons (Fsp3) is 0.783. The third-order valence-corrected chi connectivity index (χ3v) is 8.68. The Labute approximate surface area is 162 Å². The molecule has 0 heterocycles. The predicted octanol–water partition coefficient (Wildman–Crippen LogP) is 4.27. The van der Waals surface area contributed by atoms with E-state index in [9.17, 15) is 14.4 Å². The average Bonchev–Trinajstić information content (AvgIpc) is 2.97. The van der Waals surface area contributed by atoms with Gasteiger partial charge in [0.1, 0.15) is 12.4 Å². The highest BCUT2D eigenvalue weighted by Crippen LogP contribution is 2.66. The molecule has 27 heavy (non-hydrogen) atoms. The first kappa shape index (κ1) is 18.9. The molecule has 7 atom stereocenters. The fourth-order valence-corrected chi connectivity index (χ4v) is 7.33. The summed E-state index contributed by atoms with van der Waals surface area (Å²) in [5.41, 5.74) is 0.680. The van der Waals surface area contributed by atoms with Gasteiger partial charge in [-0.3, -0.25) is 9.59 Å². The highest BCUT2D eigenvalue weighted by molar-refractivity contribution is 5.94. The molecule has 3 fully saturated rings. The normalized spacial score (nSPS) is 46.0. The van der Waals surface area contributed by atoms with Gasteiger partial charge in [0.15, 0.2) is 5.78 Å². The Balaban J connectivity index is 1.66. The summed E-state index contributed by atoms with van der Waals surface area (Å²) >= 11 is 0.